The minimum atomic E-state index is 0.0875. The van der Waals surface area contributed by atoms with Crippen molar-refractivity contribution in [2.75, 3.05) is 32.7 Å². The number of hydrogen-bond donors (Lipinski definition) is 0. The second-order valence-corrected chi connectivity index (χ2v) is 8.98. The van der Waals surface area contributed by atoms with Gasteiger partial charge >= 0.3 is 0 Å². The molecule has 156 valence electrons. The minimum Gasteiger partial charge on any atom is -0.336 e. The average Bonchev–Trinajstić information content (AvgIpc) is 3.28. The van der Waals surface area contributed by atoms with Crippen molar-refractivity contribution >= 4 is 17.2 Å². The zero-order valence-corrected chi connectivity index (χ0v) is 18.2. The van der Waals surface area contributed by atoms with E-state index in [1.165, 1.54) is 0 Å². The number of nitrogens with zero attached hydrogens (tertiary/aromatic N) is 6. The normalized spacial score (nSPS) is 17.5. The summed E-state index contributed by atoms with van der Waals surface area (Å²) in [7, 11) is 0. The maximum Gasteiger partial charge on any atom is 0.257 e. The van der Waals surface area contributed by atoms with Gasteiger partial charge < -0.3 is 9.80 Å². The number of amides is 1. The van der Waals surface area contributed by atoms with Crippen molar-refractivity contribution in [3.05, 3.63) is 46.7 Å². The third-order valence-corrected chi connectivity index (χ3v) is 6.89. The monoisotopic (exact) mass is 422 g/mol. The molecule has 0 N–H and O–H groups in total. The van der Waals surface area contributed by atoms with E-state index in [0.717, 1.165) is 67.4 Å². The van der Waals surface area contributed by atoms with Crippen molar-refractivity contribution < 1.29 is 4.79 Å². The summed E-state index contributed by atoms with van der Waals surface area (Å²) in [5.41, 5.74) is 3.64. The standard InChI is InChI=1S/C22H26N6OS/c1-3-26-8-10-27(11-9-26)21(29)17-14-24-28(20(17)16-6-7-16)22-23-13-15(2)19(25-22)18-5-4-12-30-18/h4-5,12-14,16H,3,6-11H2,1-2H3. The van der Waals surface area contributed by atoms with Gasteiger partial charge in [0.05, 0.1) is 28.0 Å². The molecule has 0 spiro atoms. The lowest BCUT2D eigenvalue weighted by atomic mass is 10.1. The molecule has 0 aromatic carbocycles. The molecule has 3 aromatic heterocycles. The smallest absolute Gasteiger partial charge is 0.257 e. The topological polar surface area (TPSA) is 67.2 Å². The highest BCUT2D eigenvalue weighted by Crippen LogP contribution is 2.42. The summed E-state index contributed by atoms with van der Waals surface area (Å²) < 4.78 is 1.80. The van der Waals surface area contributed by atoms with Crippen molar-refractivity contribution in [3.63, 3.8) is 0 Å². The van der Waals surface area contributed by atoms with E-state index in [4.69, 9.17) is 4.98 Å². The maximum atomic E-state index is 13.3. The van der Waals surface area contributed by atoms with E-state index in [0.29, 0.717) is 17.4 Å². The summed E-state index contributed by atoms with van der Waals surface area (Å²) in [5.74, 6) is 0.990. The zero-order valence-electron chi connectivity index (χ0n) is 17.4. The van der Waals surface area contributed by atoms with Gasteiger partial charge in [0.2, 0.25) is 0 Å². The van der Waals surface area contributed by atoms with E-state index in [-0.39, 0.29) is 5.91 Å². The number of hydrogen-bond acceptors (Lipinski definition) is 6. The highest BCUT2D eigenvalue weighted by Gasteiger charge is 2.35. The second-order valence-electron chi connectivity index (χ2n) is 8.03. The van der Waals surface area contributed by atoms with Crippen LogP contribution in [0.2, 0.25) is 0 Å². The van der Waals surface area contributed by atoms with Crippen LogP contribution in [-0.2, 0) is 0 Å². The molecule has 0 atom stereocenters. The number of carbonyl (C=O) groups is 1. The number of carbonyl (C=O) groups excluding carboxylic acids is 1. The van der Waals surface area contributed by atoms with Crippen molar-refractivity contribution in [2.45, 2.75) is 32.6 Å². The first-order valence-corrected chi connectivity index (χ1v) is 11.5. The lowest BCUT2D eigenvalue weighted by molar-refractivity contribution is 0.0642. The molecular weight excluding hydrogens is 396 g/mol. The summed E-state index contributed by atoms with van der Waals surface area (Å²) in [6.07, 6.45) is 5.73. The summed E-state index contributed by atoms with van der Waals surface area (Å²) in [6.45, 7) is 8.62. The maximum absolute atomic E-state index is 13.3. The Kier molecular flexibility index (Phi) is 5.12. The molecule has 2 fully saturated rings. The fourth-order valence-corrected chi connectivity index (χ4v) is 4.85. The number of aryl methyl sites for hydroxylation is 1. The van der Waals surface area contributed by atoms with Gasteiger partial charge in [-0.1, -0.05) is 13.0 Å². The first kappa shape index (κ1) is 19.4. The summed E-state index contributed by atoms with van der Waals surface area (Å²) in [4.78, 5) is 28.2. The van der Waals surface area contributed by atoms with Crippen LogP contribution in [0.5, 0.6) is 0 Å². The Balaban J connectivity index is 1.49. The zero-order chi connectivity index (χ0) is 20.7. The van der Waals surface area contributed by atoms with E-state index in [9.17, 15) is 4.79 Å². The molecular formula is C22H26N6OS. The van der Waals surface area contributed by atoms with Gasteiger partial charge in [0.15, 0.2) is 0 Å². The largest absolute Gasteiger partial charge is 0.336 e. The van der Waals surface area contributed by atoms with Crippen LogP contribution in [0.25, 0.3) is 16.5 Å². The Morgan fingerprint density at radius 2 is 2.00 bits per heavy atom. The molecule has 0 radical (unpaired) electrons. The van der Waals surface area contributed by atoms with Gasteiger partial charge in [-0.3, -0.25) is 4.79 Å². The van der Waals surface area contributed by atoms with Gasteiger partial charge in [0.1, 0.15) is 0 Å². The third kappa shape index (κ3) is 3.54. The van der Waals surface area contributed by atoms with Crippen LogP contribution < -0.4 is 0 Å². The molecule has 30 heavy (non-hydrogen) atoms. The molecule has 2 aliphatic rings. The second kappa shape index (κ2) is 7.92. The van der Waals surface area contributed by atoms with Crippen LogP contribution in [0.1, 0.15) is 47.3 Å². The van der Waals surface area contributed by atoms with E-state index in [1.54, 1.807) is 22.2 Å². The Labute approximate surface area is 180 Å². The van der Waals surface area contributed by atoms with Gasteiger partial charge in [-0.25, -0.2) is 14.6 Å². The van der Waals surface area contributed by atoms with Gasteiger partial charge in [-0.05, 0) is 43.3 Å². The Bertz CT molecular complexity index is 1050. The molecule has 1 aliphatic heterocycles. The molecule has 1 saturated heterocycles. The van der Waals surface area contributed by atoms with E-state index in [1.807, 2.05) is 24.1 Å². The molecule has 4 heterocycles. The fourth-order valence-electron chi connectivity index (χ4n) is 4.07. The summed E-state index contributed by atoms with van der Waals surface area (Å²) in [5, 5.41) is 6.63. The molecule has 5 rings (SSSR count). The fraction of sp³-hybridized carbons (Fsp3) is 0.455. The minimum absolute atomic E-state index is 0.0875. The molecule has 1 saturated carbocycles. The summed E-state index contributed by atoms with van der Waals surface area (Å²) >= 11 is 1.66. The van der Waals surface area contributed by atoms with Crippen LogP contribution in [0.3, 0.4) is 0 Å². The molecule has 7 nitrogen and oxygen atoms in total. The van der Waals surface area contributed by atoms with Crippen molar-refractivity contribution in [3.8, 4) is 16.5 Å². The number of piperazine rings is 1. The SMILES string of the molecule is CCN1CCN(C(=O)c2cnn(-c3ncc(C)c(-c4cccs4)n3)c2C2CC2)CC1. The van der Waals surface area contributed by atoms with Crippen LogP contribution in [0.4, 0.5) is 0 Å². The van der Waals surface area contributed by atoms with Gasteiger partial charge in [-0.15, -0.1) is 11.3 Å². The van der Waals surface area contributed by atoms with Crippen LogP contribution >= 0.6 is 11.3 Å². The van der Waals surface area contributed by atoms with E-state index < -0.39 is 0 Å². The molecule has 1 aliphatic carbocycles. The Hall–Kier alpha value is -2.58. The molecule has 0 bridgehead atoms. The lowest BCUT2D eigenvalue weighted by Crippen LogP contribution is -2.48. The first-order chi connectivity index (χ1) is 14.7. The number of thiophene rings is 1. The van der Waals surface area contributed by atoms with E-state index >= 15 is 0 Å². The highest BCUT2D eigenvalue weighted by atomic mass is 32.1. The van der Waals surface area contributed by atoms with Gasteiger partial charge in [0, 0.05) is 38.3 Å². The molecule has 1 amide bonds. The van der Waals surface area contributed by atoms with E-state index in [2.05, 4.69) is 33.4 Å². The van der Waals surface area contributed by atoms with Gasteiger partial charge in [-0.2, -0.15) is 5.10 Å². The Morgan fingerprint density at radius 3 is 2.67 bits per heavy atom. The predicted octanol–water partition coefficient (Wildman–Crippen LogP) is 3.35. The lowest BCUT2D eigenvalue weighted by Gasteiger charge is -2.34. The molecule has 8 heteroatoms. The molecule has 3 aromatic rings. The van der Waals surface area contributed by atoms with Crippen LogP contribution in [-0.4, -0.2) is 68.2 Å². The first-order valence-electron chi connectivity index (χ1n) is 10.6. The highest BCUT2D eigenvalue weighted by molar-refractivity contribution is 7.13. The van der Waals surface area contributed by atoms with Crippen molar-refractivity contribution in [1.82, 2.24) is 29.5 Å². The van der Waals surface area contributed by atoms with Crippen molar-refractivity contribution in [2.24, 2.45) is 0 Å². The third-order valence-electron chi connectivity index (χ3n) is 6.01. The number of likely N-dealkylation sites (N-methyl/N-ethyl adjacent to an activating group) is 1. The number of rotatable bonds is 5. The van der Waals surface area contributed by atoms with Crippen LogP contribution in [0.15, 0.2) is 29.9 Å². The predicted molar refractivity (Wildman–Crippen MR) is 117 cm³/mol. The van der Waals surface area contributed by atoms with Crippen LogP contribution in [0, 0.1) is 6.92 Å². The number of aromatic nitrogens is 4. The Morgan fingerprint density at radius 1 is 1.20 bits per heavy atom. The molecule has 0 unspecified atom stereocenters. The van der Waals surface area contributed by atoms with Crippen molar-refractivity contribution in [1.29, 1.82) is 0 Å². The summed E-state index contributed by atoms with van der Waals surface area (Å²) in [6, 6.07) is 4.10. The quantitative estimate of drug-likeness (QED) is 0.631. The average molecular weight is 423 g/mol. The van der Waals surface area contributed by atoms with Gasteiger partial charge in [0.25, 0.3) is 11.9 Å².